The first kappa shape index (κ1) is 22.4. The van der Waals surface area contributed by atoms with E-state index in [1.807, 2.05) is 12.1 Å². The Hall–Kier alpha value is -2.82. The summed E-state index contributed by atoms with van der Waals surface area (Å²) in [6, 6.07) is 5.89. The van der Waals surface area contributed by atoms with Crippen molar-refractivity contribution in [3.05, 3.63) is 53.0 Å². The Kier molecular flexibility index (Phi) is 6.83. The van der Waals surface area contributed by atoms with Crippen molar-refractivity contribution >= 4 is 22.9 Å². The van der Waals surface area contributed by atoms with E-state index in [9.17, 15) is 9.18 Å². The minimum Gasteiger partial charge on any atom is -0.394 e. The first-order valence-electron chi connectivity index (χ1n) is 10.5. The number of halogens is 1. The lowest BCUT2D eigenvalue weighted by atomic mass is 9.66. The van der Waals surface area contributed by atoms with Gasteiger partial charge in [-0.25, -0.2) is 9.37 Å². The number of ketones is 1. The fraction of sp³-hybridized carbons (Fsp3) is 0.409. The van der Waals surface area contributed by atoms with E-state index in [4.69, 9.17) is 10.8 Å². The van der Waals surface area contributed by atoms with Crippen molar-refractivity contribution in [1.29, 1.82) is 0 Å². The number of nitrogens with zero attached hydrogens (tertiary/aromatic N) is 4. The van der Waals surface area contributed by atoms with Crippen LogP contribution in [0, 0.1) is 5.82 Å². The van der Waals surface area contributed by atoms with Crippen LogP contribution >= 0.6 is 11.3 Å². The molecule has 1 aliphatic rings. The van der Waals surface area contributed by atoms with Gasteiger partial charge in [0.05, 0.1) is 18.3 Å². The van der Waals surface area contributed by atoms with Crippen molar-refractivity contribution in [1.82, 2.24) is 20.2 Å². The van der Waals surface area contributed by atoms with Gasteiger partial charge in [0.25, 0.3) is 0 Å². The van der Waals surface area contributed by atoms with Crippen LogP contribution in [0.25, 0.3) is 10.7 Å². The first-order chi connectivity index (χ1) is 15.5. The average molecular weight is 457 g/mol. The number of aryl methyl sites for hydroxylation is 1. The van der Waals surface area contributed by atoms with E-state index in [2.05, 4.69) is 25.5 Å². The van der Waals surface area contributed by atoms with Crippen LogP contribution < -0.4 is 11.1 Å². The monoisotopic (exact) mass is 456 g/mol. The Bertz CT molecular complexity index is 1070. The highest BCUT2D eigenvalue weighted by Crippen LogP contribution is 2.43. The number of nitrogens with two attached hydrogens (primary N) is 1. The lowest BCUT2D eigenvalue weighted by Crippen LogP contribution is -2.42. The standard InChI is InChI=1S/C22H25FN6O2S/c23-15-3-1-10-25-20(15)22(8-2-9-22)13-27-19-7-5-17(28-29-19)21-26-11-14(32-21)4-6-18(31)16(24)12-30/h1,3,5,7,10-11,16,30H,2,4,6,8-9,12-13,24H2,(H,27,29)/t16-/m0/s1. The molecule has 1 aliphatic carbocycles. The van der Waals surface area contributed by atoms with Gasteiger partial charge in [0.2, 0.25) is 0 Å². The zero-order valence-electron chi connectivity index (χ0n) is 17.5. The number of pyridine rings is 1. The van der Waals surface area contributed by atoms with Crippen LogP contribution in [0.5, 0.6) is 0 Å². The van der Waals surface area contributed by atoms with Crippen molar-refractivity contribution in [3.63, 3.8) is 0 Å². The Morgan fingerprint density at radius 1 is 1.28 bits per heavy atom. The fourth-order valence-electron chi connectivity index (χ4n) is 3.75. The largest absolute Gasteiger partial charge is 0.394 e. The highest BCUT2D eigenvalue weighted by atomic mass is 32.1. The van der Waals surface area contributed by atoms with Crippen LogP contribution in [-0.2, 0) is 16.6 Å². The van der Waals surface area contributed by atoms with Crippen LogP contribution in [0.1, 0.15) is 36.3 Å². The second kappa shape index (κ2) is 9.76. The molecule has 1 atom stereocenters. The van der Waals surface area contributed by atoms with Gasteiger partial charge in [-0.2, -0.15) is 0 Å². The molecule has 3 aromatic heterocycles. The number of rotatable bonds is 10. The van der Waals surface area contributed by atoms with Crippen LogP contribution in [-0.4, -0.2) is 50.2 Å². The summed E-state index contributed by atoms with van der Waals surface area (Å²) in [6.45, 7) is 0.195. The van der Waals surface area contributed by atoms with E-state index in [0.29, 0.717) is 35.2 Å². The number of carbonyl (C=O) groups excluding carboxylic acids is 1. The molecule has 0 radical (unpaired) electrons. The van der Waals surface area contributed by atoms with Crippen LogP contribution in [0.3, 0.4) is 0 Å². The van der Waals surface area contributed by atoms with Crippen LogP contribution in [0.15, 0.2) is 36.7 Å². The topological polar surface area (TPSA) is 127 Å². The third-order valence-corrected chi connectivity index (χ3v) is 6.92. The van der Waals surface area contributed by atoms with Crippen molar-refractivity contribution in [2.75, 3.05) is 18.5 Å². The number of hydrogen-bond acceptors (Lipinski definition) is 9. The lowest BCUT2D eigenvalue weighted by molar-refractivity contribution is -0.121. The zero-order chi connectivity index (χ0) is 22.6. The predicted molar refractivity (Wildman–Crippen MR) is 120 cm³/mol. The van der Waals surface area contributed by atoms with E-state index in [0.717, 1.165) is 24.1 Å². The Balaban J connectivity index is 1.36. The van der Waals surface area contributed by atoms with Gasteiger partial charge in [-0.05, 0) is 43.5 Å². The summed E-state index contributed by atoms with van der Waals surface area (Å²) < 4.78 is 14.3. The molecule has 0 aliphatic heterocycles. The molecule has 0 saturated heterocycles. The number of nitrogens with one attached hydrogen (secondary N) is 1. The minimum atomic E-state index is -0.832. The Labute approximate surface area is 189 Å². The van der Waals surface area contributed by atoms with E-state index in [-0.39, 0.29) is 30.0 Å². The fourth-order valence-corrected chi connectivity index (χ4v) is 4.63. The molecule has 0 amide bonds. The normalized spacial score (nSPS) is 15.7. The molecule has 0 spiro atoms. The Morgan fingerprint density at radius 3 is 2.78 bits per heavy atom. The molecule has 3 aromatic rings. The van der Waals surface area contributed by atoms with Crippen molar-refractivity contribution in [2.45, 2.75) is 43.6 Å². The number of aromatic nitrogens is 4. The molecule has 0 unspecified atom stereocenters. The molecule has 4 rings (SSSR count). The molecule has 32 heavy (non-hydrogen) atoms. The first-order valence-corrected chi connectivity index (χ1v) is 11.4. The molecule has 3 heterocycles. The lowest BCUT2D eigenvalue weighted by Gasteiger charge is -2.41. The molecule has 1 fully saturated rings. The summed E-state index contributed by atoms with van der Waals surface area (Å²) in [5, 5.41) is 21.4. The molecular formula is C22H25FN6O2S. The summed E-state index contributed by atoms with van der Waals surface area (Å²) in [5.41, 5.74) is 6.37. The summed E-state index contributed by atoms with van der Waals surface area (Å²) in [7, 11) is 0. The summed E-state index contributed by atoms with van der Waals surface area (Å²) in [5.74, 6) is 0.166. The van der Waals surface area contributed by atoms with Gasteiger partial charge in [0.1, 0.15) is 22.3 Å². The quantitative estimate of drug-likeness (QED) is 0.425. The number of thiazole rings is 1. The molecule has 10 heteroatoms. The molecule has 168 valence electrons. The van der Waals surface area contributed by atoms with Crippen LogP contribution in [0.4, 0.5) is 10.2 Å². The van der Waals surface area contributed by atoms with E-state index in [1.165, 1.54) is 17.4 Å². The zero-order valence-corrected chi connectivity index (χ0v) is 18.3. The van der Waals surface area contributed by atoms with Gasteiger partial charge in [0, 0.05) is 35.7 Å². The second-order valence-electron chi connectivity index (χ2n) is 8.01. The number of Topliss-reactive ketones (excluding diaryl/α,β-unsaturated/α-hetero) is 1. The SMILES string of the molecule is N[C@@H](CO)C(=O)CCc1cnc(-c2ccc(NCC3(c4ncccc4F)CCC3)nn2)s1. The summed E-state index contributed by atoms with van der Waals surface area (Å²) >= 11 is 1.44. The maximum Gasteiger partial charge on any atom is 0.152 e. The summed E-state index contributed by atoms with van der Waals surface area (Å²) in [4.78, 5) is 21.4. The van der Waals surface area contributed by atoms with Crippen molar-refractivity contribution in [2.24, 2.45) is 5.73 Å². The molecule has 1 saturated carbocycles. The van der Waals surface area contributed by atoms with Gasteiger partial charge in [-0.15, -0.1) is 21.5 Å². The molecule has 0 bridgehead atoms. The smallest absolute Gasteiger partial charge is 0.152 e. The molecule has 4 N–H and O–H groups in total. The second-order valence-corrected chi connectivity index (χ2v) is 9.13. The predicted octanol–water partition coefficient (Wildman–Crippen LogP) is 2.49. The van der Waals surface area contributed by atoms with Gasteiger partial charge < -0.3 is 16.2 Å². The van der Waals surface area contributed by atoms with E-state index >= 15 is 0 Å². The highest BCUT2D eigenvalue weighted by Gasteiger charge is 2.41. The van der Waals surface area contributed by atoms with Gasteiger partial charge in [-0.3, -0.25) is 9.78 Å². The number of aliphatic hydroxyl groups excluding tert-OH is 1. The van der Waals surface area contributed by atoms with E-state index < -0.39 is 6.04 Å². The Morgan fingerprint density at radius 2 is 2.12 bits per heavy atom. The number of aliphatic hydroxyl groups is 1. The molecule has 0 aromatic carbocycles. The van der Waals surface area contributed by atoms with E-state index in [1.54, 1.807) is 18.5 Å². The van der Waals surface area contributed by atoms with Gasteiger partial charge >= 0.3 is 0 Å². The minimum absolute atomic E-state index is 0.174. The molecule has 8 nitrogen and oxygen atoms in total. The maximum atomic E-state index is 14.3. The van der Waals surface area contributed by atoms with Crippen LogP contribution in [0.2, 0.25) is 0 Å². The van der Waals surface area contributed by atoms with Crippen molar-refractivity contribution < 1.29 is 14.3 Å². The molecular weight excluding hydrogens is 431 g/mol. The number of carbonyl (C=O) groups is 1. The number of anilines is 1. The number of hydrogen-bond donors (Lipinski definition) is 3. The average Bonchev–Trinajstić information content (AvgIpc) is 3.26. The highest BCUT2D eigenvalue weighted by molar-refractivity contribution is 7.15. The van der Waals surface area contributed by atoms with Crippen molar-refractivity contribution in [3.8, 4) is 10.7 Å². The van der Waals surface area contributed by atoms with Gasteiger partial charge in [-0.1, -0.05) is 6.42 Å². The third-order valence-electron chi connectivity index (χ3n) is 5.84. The maximum absolute atomic E-state index is 14.3. The summed E-state index contributed by atoms with van der Waals surface area (Å²) in [6.07, 6.45) is 6.94. The van der Waals surface area contributed by atoms with Gasteiger partial charge in [0.15, 0.2) is 5.78 Å². The third kappa shape index (κ3) is 4.82.